The molecule has 0 radical (unpaired) electrons. The monoisotopic (exact) mass is 223 g/mol. The van der Waals surface area contributed by atoms with Gasteiger partial charge in [0.2, 0.25) is 0 Å². The van der Waals surface area contributed by atoms with Crippen LogP contribution in [0.2, 0.25) is 0 Å². The van der Waals surface area contributed by atoms with E-state index in [2.05, 4.69) is 10.1 Å². The number of nitrogens with zero attached hydrogens (tertiary/aromatic N) is 3. The number of aliphatic hydroxyl groups excluding tert-OH is 1. The molecule has 15 heavy (non-hydrogen) atoms. The Morgan fingerprint density at radius 2 is 2.47 bits per heavy atom. The van der Waals surface area contributed by atoms with E-state index in [1.54, 1.807) is 29.2 Å². The lowest BCUT2D eigenvalue weighted by Crippen LogP contribution is -2.09. The van der Waals surface area contributed by atoms with Crippen LogP contribution in [0.4, 0.5) is 0 Å². The Morgan fingerprint density at radius 1 is 1.60 bits per heavy atom. The van der Waals surface area contributed by atoms with E-state index >= 15 is 0 Å². The van der Waals surface area contributed by atoms with E-state index in [9.17, 15) is 5.11 Å². The first-order valence-corrected chi connectivity index (χ1v) is 5.76. The highest BCUT2D eigenvalue weighted by Crippen LogP contribution is 2.19. The summed E-state index contributed by atoms with van der Waals surface area (Å²) in [6, 6.07) is 1.86. The van der Waals surface area contributed by atoms with Crippen molar-refractivity contribution in [3.05, 3.63) is 34.5 Å². The molecule has 1 atom stereocenters. The van der Waals surface area contributed by atoms with Crippen LogP contribution in [0.1, 0.15) is 23.6 Å². The van der Waals surface area contributed by atoms with Gasteiger partial charge in [0.15, 0.2) is 0 Å². The molecule has 2 aromatic heterocycles. The molecule has 0 aliphatic heterocycles. The molecule has 1 N–H and O–H groups in total. The Hall–Kier alpha value is -1.20. The van der Waals surface area contributed by atoms with Crippen LogP contribution in [0.3, 0.4) is 0 Å². The zero-order valence-corrected chi connectivity index (χ0v) is 9.31. The van der Waals surface area contributed by atoms with E-state index in [0.717, 1.165) is 17.1 Å². The van der Waals surface area contributed by atoms with E-state index in [4.69, 9.17) is 0 Å². The van der Waals surface area contributed by atoms with Crippen molar-refractivity contribution in [3.63, 3.8) is 0 Å². The Labute approximate surface area is 92.2 Å². The summed E-state index contributed by atoms with van der Waals surface area (Å²) in [7, 11) is 0. The standard InChI is InChI=1S/C10H13N3OS/c1-2-13-9(3-4-12-13)10(14)5-8-6-11-7-15-8/h3-4,6-7,10,14H,2,5H2,1H3. The van der Waals surface area contributed by atoms with Crippen LogP contribution in [-0.4, -0.2) is 19.9 Å². The maximum Gasteiger partial charge on any atom is 0.100 e. The van der Waals surface area contributed by atoms with Crippen LogP contribution in [0.5, 0.6) is 0 Å². The van der Waals surface area contributed by atoms with Crippen molar-refractivity contribution in [1.29, 1.82) is 0 Å². The summed E-state index contributed by atoms with van der Waals surface area (Å²) < 4.78 is 1.81. The van der Waals surface area contributed by atoms with Gasteiger partial charge in [0.05, 0.1) is 11.2 Å². The summed E-state index contributed by atoms with van der Waals surface area (Å²) >= 11 is 1.56. The zero-order chi connectivity index (χ0) is 10.7. The molecule has 4 nitrogen and oxygen atoms in total. The summed E-state index contributed by atoms with van der Waals surface area (Å²) in [4.78, 5) is 5.07. The highest BCUT2D eigenvalue weighted by atomic mass is 32.1. The van der Waals surface area contributed by atoms with Crippen molar-refractivity contribution in [2.24, 2.45) is 0 Å². The van der Waals surface area contributed by atoms with E-state index in [0.29, 0.717) is 6.42 Å². The van der Waals surface area contributed by atoms with Crippen molar-refractivity contribution in [2.45, 2.75) is 26.0 Å². The fourth-order valence-electron chi connectivity index (χ4n) is 1.53. The summed E-state index contributed by atoms with van der Waals surface area (Å²) in [6.07, 6.45) is 3.62. The topological polar surface area (TPSA) is 50.9 Å². The lowest BCUT2D eigenvalue weighted by Gasteiger charge is -2.10. The number of hydrogen-bond acceptors (Lipinski definition) is 4. The molecule has 0 amide bonds. The SMILES string of the molecule is CCn1nccc1C(O)Cc1cncs1. The van der Waals surface area contributed by atoms with Gasteiger partial charge in [0.1, 0.15) is 6.10 Å². The van der Waals surface area contributed by atoms with Gasteiger partial charge in [-0.05, 0) is 13.0 Å². The highest BCUT2D eigenvalue weighted by Gasteiger charge is 2.13. The third kappa shape index (κ3) is 2.24. The van der Waals surface area contributed by atoms with E-state index in [1.807, 2.05) is 17.7 Å². The second-order valence-electron chi connectivity index (χ2n) is 3.26. The average Bonchev–Trinajstić information content (AvgIpc) is 2.86. The van der Waals surface area contributed by atoms with Crippen LogP contribution in [0.25, 0.3) is 0 Å². The lowest BCUT2D eigenvalue weighted by molar-refractivity contribution is 0.168. The predicted octanol–water partition coefficient (Wildman–Crippen LogP) is 1.64. The first-order chi connectivity index (χ1) is 7.31. The minimum absolute atomic E-state index is 0.493. The molecule has 0 saturated heterocycles. The van der Waals surface area contributed by atoms with Crippen LogP contribution in [-0.2, 0) is 13.0 Å². The number of aliphatic hydroxyl groups is 1. The Morgan fingerprint density at radius 3 is 3.13 bits per heavy atom. The fraction of sp³-hybridized carbons (Fsp3) is 0.400. The third-order valence-electron chi connectivity index (χ3n) is 2.27. The molecule has 2 aromatic rings. The van der Waals surface area contributed by atoms with E-state index < -0.39 is 6.10 Å². The smallest absolute Gasteiger partial charge is 0.100 e. The number of aryl methyl sites for hydroxylation is 1. The van der Waals surface area contributed by atoms with Crippen LogP contribution in [0.15, 0.2) is 24.0 Å². The first-order valence-electron chi connectivity index (χ1n) is 4.88. The number of hydrogen-bond donors (Lipinski definition) is 1. The molecule has 0 saturated carbocycles. The Kier molecular flexibility index (Phi) is 3.13. The van der Waals surface area contributed by atoms with E-state index in [-0.39, 0.29) is 0 Å². The Balaban J connectivity index is 2.11. The van der Waals surface area contributed by atoms with Crippen molar-refractivity contribution in [3.8, 4) is 0 Å². The molecule has 2 rings (SSSR count). The molecule has 0 bridgehead atoms. The largest absolute Gasteiger partial charge is 0.386 e. The number of aromatic nitrogens is 3. The molecular weight excluding hydrogens is 210 g/mol. The summed E-state index contributed by atoms with van der Waals surface area (Å²) in [5.74, 6) is 0. The summed E-state index contributed by atoms with van der Waals surface area (Å²) in [5, 5.41) is 14.1. The predicted molar refractivity (Wildman–Crippen MR) is 58.7 cm³/mol. The highest BCUT2D eigenvalue weighted by molar-refractivity contribution is 7.09. The molecule has 0 aliphatic rings. The van der Waals surface area contributed by atoms with Crippen LogP contribution in [0, 0.1) is 0 Å². The second kappa shape index (κ2) is 4.55. The maximum atomic E-state index is 10.0. The molecule has 0 spiro atoms. The molecule has 0 aliphatic carbocycles. The normalized spacial score (nSPS) is 12.9. The third-order valence-corrected chi connectivity index (χ3v) is 3.07. The van der Waals surface area contributed by atoms with Gasteiger partial charge >= 0.3 is 0 Å². The molecule has 1 unspecified atom stereocenters. The van der Waals surface area contributed by atoms with Crippen molar-refractivity contribution < 1.29 is 5.11 Å². The van der Waals surface area contributed by atoms with Gasteiger partial charge in [0, 0.05) is 30.2 Å². The van der Waals surface area contributed by atoms with Gasteiger partial charge in [-0.1, -0.05) is 0 Å². The molecule has 5 heteroatoms. The quantitative estimate of drug-likeness (QED) is 0.857. The minimum Gasteiger partial charge on any atom is -0.386 e. The second-order valence-corrected chi connectivity index (χ2v) is 4.23. The minimum atomic E-state index is -0.493. The summed E-state index contributed by atoms with van der Waals surface area (Å²) in [5.41, 5.74) is 2.64. The molecular formula is C10H13N3OS. The number of rotatable bonds is 4. The summed E-state index contributed by atoms with van der Waals surface area (Å²) in [6.45, 7) is 2.79. The van der Waals surface area contributed by atoms with Gasteiger partial charge in [-0.25, -0.2) is 0 Å². The van der Waals surface area contributed by atoms with Crippen LogP contribution >= 0.6 is 11.3 Å². The van der Waals surface area contributed by atoms with Gasteiger partial charge in [0.25, 0.3) is 0 Å². The molecule has 80 valence electrons. The zero-order valence-electron chi connectivity index (χ0n) is 8.50. The van der Waals surface area contributed by atoms with Crippen molar-refractivity contribution >= 4 is 11.3 Å². The maximum absolute atomic E-state index is 10.0. The van der Waals surface area contributed by atoms with Gasteiger partial charge < -0.3 is 5.11 Å². The lowest BCUT2D eigenvalue weighted by atomic mass is 10.2. The van der Waals surface area contributed by atoms with Crippen molar-refractivity contribution in [1.82, 2.24) is 14.8 Å². The first kappa shape index (κ1) is 10.3. The Bertz CT molecular complexity index is 410. The van der Waals surface area contributed by atoms with Gasteiger partial charge in [-0.15, -0.1) is 11.3 Å². The van der Waals surface area contributed by atoms with Gasteiger partial charge in [-0.3, -0.25) is 9.67 Å². The molecule has 0 fully saturated rings. The molecule has 2 heterocycles. The molecule has 0 aromatic carbocycles. The van der Waals surface area contributed by atoms with Gasteiger partial charge in [-0.2, -0.15) is 5.10 Å². The fourth-order valence-corrected chi connectivity index (χ4v) is 2.16. The average molecular weight is 223 g/mol. The van der Waals surface area contributed by atoms with E-state index in [1.165, 1.54) is 0 Å². The number of thiazole rings is 1. The van der Waals surface area contributed by atoms with Crippen molar-refractivity contribution in [2.75, 3.05) is 0 Å². The van der Waals surface area contributed by atoms with Crippen LogP contribution < -0.4 is 0 Å².